The number of rotatable bonds is 11. The molecule has 1 atom stereocenters. The van der Waals surface area contributed by atoms with E-state index in [2.05, 4.69) is 6.58 Å². The van der Waals surface area contributed by atoms with Crippen LogP contribution in [0.3, 0.4) is 0 Å². The average molecular weight is 481 g/mol. The number of aliphatic hydroxyl groups is 1. The van der Waals surface area contributed by atoms with Crippen molar-refractivity contribution < 1.29 is 28.9 Å². The van der Waals surface area contributed by atoms with Crippen molar-refractivity contribution >= 4 is 17.4 Å². The third-order valence-corrected chi connectivity index (χ3v) is 5.76. The predicted molar refractivity (Wildman–Crippen MR) is 134 cm³/mol. The second-order valence-electron chi connectivity index (χ2n) is 8.39. The van der Waals surface area contributed by atoms with E-state index < -0.39 is 17.7 Å². The second kappa shape index (κ2) is 11.6. The molecule has 0 unspecified atom stereocenters. The molecule has 35 heavy (non-hydrogen) atoms. The zero-order chi connectivity index (χ0) is 25.5. The predicted octanol–water partition coefficient (Wildman–Crippen LogP) is 3.64. The molecule has 3 rings (SSSR count). The summed E-state index contributed by atoms with van der Waals surface area (Å²) in [6.45, 7) is 5.07. The van der Waals surface area contributed by atoms with Gasteiger partial charge >= 0.3 is 0 Å². The van der Waals surface area contributed by atoms with E-state index in [4.69, 9.17) is 14.2 Å². The number of nitrogens with zero attached hydrogens (tertiary/aromatic N) is 2. The minimum Gasteiger partial charge on any atom is -0.507 e. The number of aliphatic hydroxyl groups excluding tert-OH is 1. The lowest BCUT2D eigenvalue weighted by Crippen LogP contribution is -2.32. The lowest BCUT2D eigenvalue weighted by molar-refractivity contribution is -0.139. The molecule has 1 amide bonds. The van der Waals surface area contributed by atoms with Crippen molar-refractivity contribution in [2.45, 2.75) is 12.5 Å². The van der Waals surface area contributed by atoms with Crippen LogP contribution >= 0.6 is 0 Å². The molecule has 1 aliphatic heterocycles. The van der Waals surface area contributed by atoms with Gasteiger partial charge in [0.2, 0.25) is 0 Å². The van der Waals surface area contributed by atoms with Gasteiger partial charge in [0.15, 0.2) is 11.5 Å². The molecule has 0 aliphatic carbocycles. The van der Waals surface area contributed by atoms with Gasteiger partial charge in [-0.05, 0) is 69.0 Å². The van der Waals surface area contributed by atoms with Gasteiger partial charge in [0, 0.05) is 12.1 Å². The fourth-order valence-electron chi connectivity index (χ4n) is 4.06. The van der Waals surface area contributed by atoms with E-state index in [1.807, 2.05) is 19.0 Å². The van der Waals surface area contributed by atoms with Crippen molar-refractivity contribution in [3.8, 4) is 17.2 Å². The Kier molecular flexibility index (Phi) is 8.54. The Labute approximate surface area is 206 Å². The van der Waals surface area contributed by atoms with Crippen LogP contribution in [-0.4, -0.2) is 74.6 Å². The number of ether oxygens (including phenoxy) is 3. The summed E-state index contributed by atoms with van der Waals surface area (Å²) in [5, 5.41) is 11.2. The van der Waals surface area contributed by atoms with Gasteiger partial charge in [0.25, 0.3) is 11.7 Å². The maximum absolute atomic E-state index is 13.2. The Morgan fingerprint density at radius 3 is 2.37 bits per heavy atom. The Morgan fingerprint density at radius 1 is 1.09 bits per heavy atom. The van der Waals surface area contributed by atoms with E-state index in [9.17, 15) is 14.7 Å². The molecule has 2 aromatic carbocycles. The highest BCUT2D eigenvalue weighted by molar-refractivity contribution is 6.46. The molecule has 0 aromatic heterocycles. The van der Waals surface area contributed by atoms with Crippen molar-refractivity contribution in [2.75, 3.05) is 48.0 Å². The van der Waals surface area contributed by atoms with Gasteiger partial charge in [0.1, 0.15) is 18.1 Å². The lowest BCUT2D eigenvalue weighted by atomic mass is 9.95. The van der Waals surface area contributed by atoms with E-state index in [1.54, 1.807) is 48.5 Å². The normalized spacial score (nSPS) is 17.1. The van der Waals surface area contributed by atoms with Crippen LogP contribution in [0.5, 0.6) is 17.2 Å². The highest BCUT2D eigenvalue weighted by atomic mass is 16.5. The molecule has 1 fully saturated rings. The number of amides is 1. The molecule has 1 heterocycles. The molecule has 8 heteroatoms. The topological polar surface area (TPSA) is 88.5 Å². The first-order valence-electron chi connectivity index (χ1n) is 11.3. The number of carbonyl (C=O) groups is 2. The summed E-state index contributed by atoms with van der Waals surface area (Å²) in [5.41, 5.74) is 1.08. The summed E-state index contributed by atoms with van der Waals surface area (Å²) in [5.74, 6) is -0.0192. The summed E-state index contributed by atoms with van der Waals surface area (Å²) >= 11 is 0. The molecular weight excluding hydrogens is 448 g/mol. The average Bonchev–Trinajstić information content (AvgIpc) is 3.11. The van der Waals surface area contributed by atoms with E-state index in [0.717, 1.165) is 6.54 Å². The summed E-state index contributed by atoms with van der Waals surface area (Å²) in [6.07, 6.45) is 2.30. The van der Waals surface area contributed by atoms with Gasteiger partial charge in [-0.25, -0.2) is 0 Å². The van der Waals surface area contributed by atoms with Crippen LogP contribution in [0.4, 0.5) is 0 Å². The smallest absolute Gasteiger partial charge is 0.295 e. The zero-order valence-electron chi connectivity index (χ0n) is 20.6. The first kappa shape index (κ1) is 25.8. The third-order valence-electron chi connectivity index (χ3n) is 5.76. The summed E-state index contributed by atoms with van der Waals surface area (Å²) in [6, 6.07) is 11.1. The van der Waals surface area contributed by atoms with Crippen LogP contribution in [0.25, 0.3) is 5.76 Å². The molecule has 2 aromatic rings. The largest absolute Gasteiger partial charge is 0.507 e. The first-order chi connectivity index (χ1) is 16.8. The number of methoxy groups -OCH3 is 2. The molecule has 0 saturated carbocycles. The van der Waals surface area contributed by atoms with Gasteiger partial charge in [0.05, 0.1) is 25.8 Å². The molecule has 8 nitrogen and oxygen atoms in total. The molecule has 186 valence electrons. The van der Waals surface area contributed by atoms with Crippen molar-refractivity contribution in [1.82, 2.24) is 9.80 Å². The number of carbonyl (C=O) groups excluding carboxylic acids is 2. The number of ketones is 1. The maximum Gasteiger partial charge on any atom is 0.295 e. The second-order valence-corrected chi connectivity index (χ2v) is 8.39. The maximum atomic E-state index is 13.2. The Bertz CT molecular complexity index is 1110. The molecule has 1 N–H and O–H groups in total. The lowest BCUT2D eigenvalue weighted by Gasteiger charge is -2.26. The van der Waals surface area contributed by atoms with Crippen LogP contribution in [-0.2, 0) is 9.59 Å². The summed E-state index contributed by atoms with van der Waals surface area (Å²) in [4.78, 5) is 29.8. The van der Waals surface area contributed by atoms with Crippen LogP contribution in [0, 0.1) is 0 Å². The van der Waals surface area contributed by atoms with E-state index >= 15 is 0 Å². The standard InChI is InChI=1S/C27H32N2O6/c1-6-16-35-20-11-8-18(9-12-20)25(30)23-24(19-10-13-21(33-4)22(17-19)34-5)29(27(32)26(23)31)15-7-14-28(2)3/h6,8-13,17,24,30H,1,7,14-16H2,2-5H3/t24-/m0/s1. The molecule has 1 saturated heterocycles. The van der Waals surface area contributed by atoms with Gasteiger partial charge in [-0.1, -0.05) is 18.7 Å². The SMILES string of the molecule is C=CCOc1ccc(C(O)=C2C(=O)C(=O)N(CCCN(C)C)[C@H]2c2ccc(OC)c(OC)c2)cc1. The van der Waals surface area contributed by atoms with Gasteiger partial charge in [-0.3, -0.25) is 9.59 Å². The Hall–Kier alpha value is -3.78. The fraction of sp³-hybridized carbons (Fsp3) is 0.333. The minimum absolute atomic E-state index is 0.0341. The van der Waals surface area contributed by atoms with Crippen LogP contribution in [0.2, 0.25) is 0 Å². The first-order valence-corrected chi connectivity index (χ1v) is 11.3. The Balaban J connectivity index is 2.08. The zero-order valence-corrected chi connectivity index (χ0v) is 20.6. The quantitative estimate of drug-likeness (QED) is 0.227. The molecule has 0 spiro atoms. The van der Waals surface area contributed by atoms with Crippen molar-refractivity contribution in [2.24, 2.45) is 0 Å². The van der Waals surface area contributed by atoms with Gasteiger partial charge < -0.3 is 29.1 Å². The fourth-order valence-corrected chi connectivity index (χ4v) is 4.06. The third kappa shape index (κ3) is 5.66. The van der Waals surface area contributed by atoms with E-state index in [-0.39, 0.29) is 11.3 Å². The van der Waals surface area contributed by atoms with Gasteiger partial charge in [-0.2, -0.15) is 0 Å². The number of hydrogen-bond donors (Lipinski definition) is 1. The van der Waals surface area contributed by atoms with E-state index in [1.165, 1.54) is 19.1 Å². The van der Waals surface area contributed by atoms with Gasteiger partial charge in [-0.15, -0.1) is 0 Å². The molecule has 0 bridgehead atoms. The molecule has 1 aliphatic rings. The highest BCUT2D eigenvalue weighted by Crippen LogP contribution is 2.42. The number of likely N-dealkylation sites (tertiary alicyclic amines) is 1. The van der Waals surface area contributed by atoms with Crippen molar-refractivity contribution in [3.05, 3.63) is 71.8 Å². The monoisotopic (exact) mass is 480 g/mol. The number of Topliss-reactive ketones (excluding diaryl/α,β-unsaturated/α-hetero) is 1. The molecule has 0 radical (unpaired) electrons. The molecular formula is C27H32N2O6. The van der Waals surface area contributed by atoms with Crippen molar-refractivity contribution in [3.63, 3.8) is 0 Å². The van der Waals surface area contributed by atoms with E-state index in [0.29, 0.717) is 47.9 Å². The number of benzene rings is 2. The van der Waals surface area contributed by atoms with Crippen LogP contribution in [0.1, 0.15) is 23.6 Å². The minimum atomic E-state index is -0.770. The Morgan fingerprint density at radius 2 is 1.77 bits per heavy atom. The number of hydrogen-bond acceptors (Lipinski definition) is 7. The summed E-state index contributed by atoms with van der Waals surface area (Å²) < 4.78 is 16.3. The van der Waals surface area contributed by atoms with Crippen LogP contribution in [0.15, 0.2) is 60.7 Å². The van der Waals surface area contributed by atoms with Crippen molar-refractivity contribution in [1.29, 1.82) is 0 Å². The van der Waals surface area contributed by atoms with Crippen LogP contribution < -0.4 is 14.2 Å². The summed E-state index contributed by atoms with van der Waals surface area (Å²) in [7, 11) is 6.95. The highest BCUT2D eigenvalue weighted by Gasteiger charge is 2.46.